The normalized spacial score (nSPS) is 23.7. The van der Waals surface area contributed by atoms with Gasteiger partial charge < -0.3 is 5.32 Å². The molecule has 3 rings (SSSR count). The molecule has 2 fully saturated rings. The minimum absolute atomic E-state index is 0.0138. The quantitative estimate of drug-likeness (QED) is 0.764. The highest BCUT2D eigenvalue weighted by Crippen LogP contribution is 2.32. The smallest absolute Gasteiger partial charge is 0.294 e. The van der Waals surface area contributed by atoms with Crippen LogP contribution in [-0.2, 0) is 19.4 Å². The molecule has 2 aliphatic rings. The fraction of sp³-hybridized carbons (Fsp3) is 0.312. The monoisotopic (exact) mass is 398 g/mol. The highest BCUT2D eigenvalue weighted by Gasteiger charge is 2.37. The standard InChI is InChI=1S/C16H15FN2O5S2/c17-11-3-1-10(2-4-11)7-13-15(21)19(16(22)25-13)8-14(20)18-12-5-6-26(23,24)9-12/h1-4,7,12H,5-6,8-9H2,(H,18,20)/b13-7-/t12-/m1/s1. The first-order valence-corrected chi connectivity index (χ1v) is 10.4. The third kappa shape index (κ3) is 4.31. The van der Waals surface area contributed by atoms with Crippen molar-refractivity contribution in [1.82, 2.24) is 10.2 Å². The van der Waals surface area contributed by atoms with Gasteiger partial charge in [-0.25, -0.2) is 12.8 Å². The summed E-state index contributed by atoms with van der Waals surface area (Å²) < 4.78 is 35.7. The Kier molecular flexibility index (Phi) is 5.15. The Bertz CT molecular complexity index is 896. The molecule has 0 unspecified atom stereocenters. The van der Waals surface area contributed by atoms with Crippen molar-refractivity contribution in [3.8, 4) is 0 Å². The van der Waals surface area contributed by atoms with Crippen LogP contribution >= 0.6 is 11.8 Å². The third-order valence-corrected chi connectivity index (χ3v) is 6.62. The SMILES string of the molecule is O=C(CN1C(=O)S/C(=C\c2ccc(F)cc2)C1=O)N[C@@H]1CCS(=O)(=O)C1. The molecule has 0 aliphatic carbocycles. The maximum absolute atomic E-state index is 12.9. The van der Waals surface area contributed by atoms with Crippen LogP contribution in [0, 0.1) is 5.82 Å². The van der Waals surface area contributed by atoms with Gasteiger partial charge in [0, 0.05) is 6.04 Å². The van der Waals surface area contributed by atoms with Crippen molar-refractivity contribution in [2.24, 2.45) is 0 Å². The van der Waals surface area contributed by atoms with Gasteiger partial charge >= 0.3 is 0 Å². The van der Waals surface area contributed by atoms with Gasteiger partial charge in [0.1, 0.15) is 12.4 Å². The van der Waals surface area contributed by atoms with Gasteiger partial charge in [-0.15, -0.1) is 0 Å². The van der Waals surface area contributed by atoms with E-state index in [-0.39, 0.29) is 16.4 Å². The zero-order valence-electron chi connectivity index (χ0n) is 13.5. The molecule has 1 aromatic rings. The van der Waals surface area contributed by atoms with Crippen LogP contribution < -0.4 is 5.32 Å². The molecule has 7 nitrogen and oxygen atoms in total. The predicted octanol–water partition coefficient (Wildman–Crippen LogP) is 1.17. The molecule has 3 amide bonds. The van der Waals surface area contributed by atoms with Gasteiger partial charge in [-0.05, 0) is 42.0 Å². The van der Waals surface area contributed by atoms with Gasteiger partial charge in [-0.1, -0.05) is 12.1 Å². The molecule has 2 aliphatic heterocycles. The number of carbonyl (C=O) groups excluding carboxylic acids is 3. The topological polar surface area (TPSA) is 101 Å². The molecule has 2 heterocycles. The maximum Gasteiger partial charge on any atom is 0.294 e. The van der Waals surface area contributed by atoms with Crippen LogP contribution in [0.4, 0.5) is 9.18 Å². The molecule has 0 radical (unpaired) electrons. The summed E-state index contributed by atoms with van der Waals surface area (Å²) in [5, 5.41) is 1.95. The van der Waals surface area contributed by atoms with Crippen LogP contribution in [0.15, 0.2) is 29.2 Å². The van der Waals surface area contributed by atoms with E-state index in [1.807, 2.05) is 0 Å². The second-order valence-electron chi connectivity index (χ2n) is 5.99. The zero-order chi connectivity index (χ0) is 18.9. The van der Waals surface area contributed by atoms with Crippen LogP contribution in [0.5, 0.6) is 0 Å². The molecule has 1 aromatic carbocycles. The first-order chi connectivity index (χ1) is 12.2. The van der Waals surface area contributed by atoms with Gasteiger partial charge in [-0.3, -0.25) is 19.3 Å². The average Bonchev–Trinajstić information content (AvgIpc) is 3.03. The van der Waals surface area contributed by atoms with Gasteiger partial charge in [0.2, 0.25) is 5.91 Å². The number of rotatable bonds is 4. The number of hydrogen-bond donors (Lipinski definition) is 1. The fourth-order valence-electron chi connectivity index (χ4n) is 2.67. The number of amides is 3. The van der Waals surface area contributed by atoms with Gasteiger partial charge in [-0.2, -0.15) is 0 Å². The Balaban J connectivity index is 1.63. The summed E-state index contributed by atoms with van der Waals surface area (Å²) in [6.45, 7) is -0.470. The number of nitrogens with zero attached hydrogens (tertiary/aromatic N) is 1. The lowest BCUT2D eigenvalue weighted by Crippen LogP contribution is -2.43. The molecule has 10 heteroatoms. The Morgan fingerprint density at radius 1 is 1.31 bits per heavy atom. The number of sulfone groups is 1. The summed E-state index contributed by atoms with van der Waals surface area (Å²) in [7, 11) is -3.14. The van der Waals surface area contributed by atoms with E-state index in [2.05, 4.69) is 5.32 Å². The second kappa shape index (κ2) is 7.20. The lowest BCUT2D eigenvalue weighted by Gasteiger charge is -2.15. The average molecular weight is 398 g/mol. The van der Waals surface area contributed by atoms with Crippen molar-refractivity contribution in [1.29, 1.82) is 0 Å². The molecule has 0 saturated carbocycles. The number of imide groups is 1. The summed E-state index contributed by atoms with van der Waals surface area (Å²) in [5.41, 5.74) is 0.553. The minimum Gasteiger partial charge on any atom is -0.351 e. The molecule has 2 saturated heterocycles. The van der Waals surface area contributed by atoms with E-state index in [0.29, 0.717) is 23.7 Å². The Morgan fingerprint density at radius 3 is 2.62 bits per heavy atom. The number of thioether (sulfide) groups is 1. The number of carbonyl (C=O) groups is 3. The first kappa shape index (κ1) is 18.6. The highest BCUT2D eigenvalue weighted by atomic mass is 32.2. The van der Waals surface area contributed by atoms with Gasteiger partial charge in [0.15, 0.2) is 9.84 Å². The summed E-state index contributed by atoms with van der Waals surface area (Å²) in [6.07, 6.45) is 1.77. The van der Waals surface area contributed by atoms with Crippen LogP contribution in [0.3, 0.4) is 0 Å². The molecular weight excluding hydrogens is 383 g/mol. The Labute approximate surface area is 153 Å². The van der Waals surface area contributed by atoms with E-state index in [4.69, 9.17) is 0 Å². The lowest BCUT2D eigenvalue weighted by atomic mass is 10.2. The van der Waals surface area contributed by atoms with Crippen LogP contribution in [0.1, 0.15) is 12.0 Å². The first-order valence-electron chi connectivity index (χ1n) is 7.74. The molecular formula is C16H15FN2O5S2. The van der Waals surface area contributed by atoms with Crippen LogP contribution in [-0.4, -0.2) is 54.5 Å². The Hall–Kier alpha value is -2.20. The van der Waals surface area contributed by atoms with E-state index in [1.165, 1.54) is 30.3 Å². The summed E-state index contributed by atoms with van der Waals surface area (Å²) in [6, 6.07) is 4.91. The number of benzene rings is 1. The molecule has 0 aromatic heterocycles. The van der Waals surface area contributed by atoms with E-state index in [0.717, 1.165) is 4.90 Å². The van der Waals surface area contributed by atoms with Gasteiger partial charge in [0.25, 0.3) is 11.1 Å². The largest absolute Gasteiger partial charge is 0.351 e. The third-order valence-electron chi connectivity index (χ3n) is 3.94. The second-order valence-corrected chi connectivity index (χ2v) is 9.21. The Morgan fingerprint density at radius 2 is 2.00 bits per heavy atom. The highest BCUT2D eigenvalue weighted by molar-refractivity contribution is 8.18. The molecule has 0 bridgehead atoms. The molecule has 1 atom stereocenters. The summed E-state index contributed by atoms with van der Waals surface area (Å²) >= 11 is 0.694. The zero-order valence-corrected chi connectivity index (χ0v) is 15.1. The maximum atomic E-state index is 12.9. The van der Waals surface area contributed by atoms with Crippen molar-refractivity contribution in [2.45, 2.75) is 12.5 Å². The lowest BCUT2D eigenvalue weighted by molar-refractivity contribution is -0.129. The van der Waals surface area contributed by atoms with Gasteiger partial charge in [0.05, 0.1) is 16.4 Å². The van der Waals surface area contributed by atoms with Crippen molar-refractivity contribution in [3.63, 3.8) is 0 Å². The van der Waals surface area contributed by atoms with Crippen molar-refractivity contribution in [2.75, 3.05) is 18.1 Å². The molecule has 0 spiro atoms. The minimum atomic E-state index is -3.14. The van der Waals surface area contributed by atoms with E-state index in [9.17, 15) is 27.2 Å². The number of halogens is 1. The fourth-order valence-corrected chi connectivity index (χ4v) is 5.18. The molecule has 138 valence electrons. The summed E-state index contributed by atoms with van der Waals surface area (Å²) in [4.78, 5) is 37.3. The number of nitrogens with one attached hydrogen (secondary N) is 1. The van der Waals surface area contributed by atoms with Crippen molar-refractivity contribution in [3.05, 3.63) is 40.6 Å². The molecule has 1 N–H and O–H groups in total. The van der Waals surface area contributed by atoms with E-state index in [1.54, 1.807) is 0 Å². The van der Waals surface area contributed by atoms with Crippen LogP contribution in [0.2, 0.25) is 0 Å². The van der Waals surface area contributed by atoms with E-state index < -0.39 is 45.3 Å². The van der Waals surface area contributed by atoms with E-state index >= 15 is 0 Å². The summed E-state index contributed by atoms with van der Waals surface area (Å²) in [5.74, 6) is -1.73. The molecule has 26 heavy (non-hydrogen) atoms. The number of hydrogen-bond acceptors (Lipinski definition) is 6. The van der Waals surface area contributed by atoms with Crippen molar-refractivity contribution < 1.29 is 27.2 Å². The predicted molar refractivity (Wildman–Crippen MR) is 94.3 cm³/mol. The van der Waals surface area contributed by atoms with Crippen molar-refractivity contribution >= 4 is 44.7 Å². The van der Waals surface area contributed by atoms with Crippen LogP contribution in [0.25, 0.3) is 6.08 Å².